The molecule has 1 saturated heterocycles. The van der Waals surface area contributed by atoms with Crippen LogP contribution in [0.15, 0.2) is 78.2 Å². The monoisotopic (exact) mass is 523 g/mol. The van der Waals surface area contributed by atoms with Gasteiger partial charge in [-0.1, -0.05) is 54.1 Å². The van der Waals surface area contributed by atoms with E-state index in [0.29, 0.717) is 30.1 Å². The van der Waals surface area contributed by atoms with E-state index in [1.54, 1.807) is 18.2 Å². The molecule has 0 spiro atoms. The van der Waals surface area contributed by atoms with E-state index in [2.05, 4.69) is 6.58 Å². The van der Waals surface area contributed by atoms with Crippen LogP contribution >= 0.6 is 23.4 Å². The number of hydrogen-bond acceptors (Lipinski definition) is 5. The van der Waals surface area contributed by atoms with Crippen LogP contribution in [0.5, 0.6) is 11.5 Å². The SMILES string of the molecule is C=CCc1cc(/C=C2\SC(=O)N(Cc3c(F)cccc3Cl)C2=O)cc(OC)c1OCc1ccccc1. The molecule has 0 bridgehead atoms. The van der Waals surface area contributed by atoms with Crippen molar-refractivity contribution in [3.8, 4) is 11.5 Å². The van der Waals surface area contributed by atoms with Crippen molar-refractivity contribution in [1.82, 2.24) is 4.90 Å². The van der Waals surface area contributed by atoms with Crippen LogP contribution in [-0.2, 0) is 24.4 Å². The number of imide groups is 1. The minimum absolute atomic E-state index is 0.0950. The van der Waals surface area contributed by atoms with E-state index in [9.17, 15) is 14.0 Å². The lowest BCUT2D eigenvalue weighted by Crippen LogP contribution is -2.28. The largest absolute Gasteiger partial charge is 0.493 e. The van der Waals surface area contributed by atoms with Crippen molar-refractivity contribution in [2.45, 2.75) is 19.6 Å². The van der Waals surface area contributed by atoms with Gasteiger partial charge in [-0.05, 0) is 59.7 Å². The topological polar surface area (TPSA) is 55.8 Å². The molecule has 1 aliphatic rings. The number of benzene rings is 3. The number of carbonyl (C=O) groups excluding carboxylic acids is 2. The highest BCUT2D eigenvalue weighted by atomic mass is 35.5. The minimum atomic E-state index is -0.574. The van der Waals surface area contributed by atoms with Gasteiger partial charge in [-0.2, -0.15) is 0 Å². The predicted octanol–water partition coefficient (Wildman–Crippen LogP) is 7.03. The third-order valence-electron chi connectivity index (χ3n) is 5.51. The number of amides is 2. The molecule has 0 saturated carbocycles. The smallest absolute Gasteiger partial charge is 0.293 e. The second kappa shape index (κ2) is 11.5. The Kier molecular flexibility index (Phi) is 8.13. The summed E-state index contributed by atoms with van der Waals surface area (Å²) in [5.41, 5.74) is 2.59. The van der Waals surface area contributed by atoms with Crippen molar-refractivity contribution in [1.29, 1.82) is 0 Å². The number of methoxy groups -OCH3 is 1. The number of halogens is 2. The first-order chi connectivity index (χ1) is 17.4. The number of carbonyl (C=O) groups is 2. The average molecular weight is 524 g/mol. The van der Waals surface area contributed by atoms with Crippen LogP contribution in [0, 0.1) is 5.82 Å². The fraction of sp³-hybridized carbons (Fsp3) is 0.143. The Labute approximate surface area is 218 Å². The summed E-state index contributed by atoms with van der Waals surface area (Å²) in [5.74, 6) is -0.0111. The van der Waals surface area contributed by atoms with E-state index in [4.69, 9.17) is 21.1 Å². The number of allylic oxidation sites excluding steroid dienone is 1. The molecule has 5 nitrogen and oxygen atoms in total. The molecule has 4 rings (SSSR count). The van der Waals surface area contributed by atoms with Crippen LogP contribution in [0.2, 0.25) is 5.02 Å². The molecular formula is C28H23ClFNO4S. The van der Waals surface area contributed by atoms with Crippen molar-refractivity contribution in [3.05, 3.63) is 111 Å². The molecular weight excluding hydrogens is 501 g/mol. The van der Waals surface area contributed by atoms with Gasteiger partial charge in [0.25, 0.3) is 11.1 Å². The molecule has 1 fully saturated rings. The van der Waals surface area contributed by atoms with E-state index in [0.717, 1.165) is 27.8 Å². The summed E-state index contributed by atoms with van der Waals surface area (Å²) in [4.78, 5) is 26.8. The molecule has 3 aromatic rings. The highest BCUT2D eigenvalue weighted by molar-refractivity contribution is 8.18. The number of hydrogen-bond donors (Lipinski definition) is 0. The Balaban J connectivity index is 1.61. The summed E-state index contributed by atoms with van der Waals surface area (Å²) < 4.78 is 25.9. The van der Waals surface area contributed by atoms with Crippen molar-refractivity contribution in [2.75, 3.05) is 7.11 Å². The normalized spacial score (nSPS) is 14.4. The van der Waals surface area contributed by atoms with Crippen molar-refractivity contribution < 1.29 is 23.5 Å². The Morgan fingerprint density at radius 2 is 1.89 bits per heavy atom. The molecule has 1 heterocycles. The molecule has 0 N–H and O–H groups in total. The second-order valence-electron chi connectivity index (χ2n) is 7.95. The zero-order valence-electron chi connectivity index (χ0n) is 19.5. The quantitative estimate of drug-likeness (QED) is 0.222. The highest BCUT2D eigenvalue weighted by Crippen LogP contribution is 2.38. The van der Waals surface area contributed by atoms with Gasteiger partial charge in [-0.15, -0.1) is 6.58 Å². The molecule has 0 aliphatic carbocycles. The molecule has 184 valence electrons. The van der Waals surface area contributed by atoms with Crippen LogP contribution in [0.3, 0.4) is 0 Å². The summed E-state index contributed by atoms with van der Waals surface area (Å²) in [6.45, 7) is 3.94. The molecule has 8 heteroatoms. The zero-order chi connectivity index (χ0) is 25.7. The molecule has 3 aromatic carbocycles. The van der Waals surface area contributed by atoms with Crippen LogP contribution in [-0.4, -0.2) is 23.2 Å². The molecule has 1 aliphatic heterocycles. The van der Waals surface area contributed by atoms with Gasteiger partial charge >= 0.3 is 0 Å². The standard InChI is InChI=1S/C28H23ClFNO4S/c1-3-8-20-13-19(14-24(34-2)26(20)35-17-18-9-5-4-6-10-18)15-25-27(32)31(28(33)36-25)16-21-22(29)11-7-12-23(21)30/h3-7,9-15H,1,8,16-17H2,2H3/b25-15-. The summed E-state index contributed by atoms with van der Waals surface area (Å²) in [6, 6.07) is 17.6. The minimum Gasteiger partial charge on any atom is -0.493 e. The number of rotatable bonds is 9. The number of ether oxygens (including phenoxy) is 2. The lowest BCUT2D eigenvalue weighted by atomic mass is 10.0. The van der Waals surface area contributed by atoms with Crippen LogP contribution < -0.4 is 9.47 Å². The van der Waals surface area contributed by atoms with Gasteiger partial charge in [0.1, 0.15) is 12.4 Å². The van der Waals surface area contributed by atoms with Crippen molar-refractivity contribution in [3.63, 3.8) is 0 Å². The van der Waals surface area contributed by atoms with E-state index < -0.39 is 17.0 Å². The second-order valence-corrected chi connectivity index (χ2v) is 9.35. The summed E-state index contributed by atoms with van der Waals surface area (Å²) in [5, 5.41) is -0.338. The van der Waals surface area contributed by atoms with Crippen molar-refractivity contribution in [2.24, 2.45) is 0 Å². The highest BCUT2D eigenvalue weighted by Gasteiger charge is 2.36. The fourth-order valence-corrected chi connectivity index (χ4v) is 4.81. The first-order valence-electron chi connectivity index (χ1n) is 11.1. The van der Waals surface area contributed by atoms with Gasteiger partial charge in [0, 0.05) is 16.1 Å². The van der Waals surface area contributed by atoms with Gasteiger partial charge in [0.05, 0.1) is 18.6 Å². The summed E-state index contributed by atoms with van der Waals surface area (Å²) in [6.07, 6.45) is 3.87. The third kappa shape index (κ3) is 5.64. The zero-order valence-corrected chi connectivity index (χ0v) is 21.1. The fourth-order valence-electron chi connectivity index (χ4n) is 3.75. The average Bonchev–Trinajstić information content (AvgIpc) is 3.13. The van der Waals surface area contributed by atoms with Gasteiger partial charge in [-0.3, -0.25) is 14.5 Å². The molecule has 0 aromatic heterocycles. The first-order valence-corrected chi connectivity index (χ1v) is 12.3. The molecule has 0 unspecified atom stereocenters. The Morgan fingerprint density at radius 3 is 2.58 bits per heavy atom. The molecule has 2 amide bonds. The number of nitrogens with zero attached hydrogens (tertiary/aromatic N) is 1. The molecule has 36 heavy (non-hydrogen) atoms. The Bertz CT molecular complexity index is 1320. The van der Waals surface area contributed by atoms with Crippen molar-refractivity contribution >= 4 is 40.6 Å². The van der Waals surface area contributed by atoms with Crippen LogP contribution in [0.1, 0.15) is 22.3 Å². The van der Waals surface area contributed by atoms with E-state index >= 15 is 0 Å². The van der Waals surface area contributed by atoms with Crippen LogP contribution in [0.4, 0.5) is 9.18 Å². The Hall–Kier alpha value is -3.55. The summed E-state index contributed by atoms with van der Waals surface area (Å²) in [7, 11) is 1.54. The van der Waals surface area contributed by atoms with Gasteiger partial charge < -0.3 is 9.47 Å². The maximum atomic E-state index is 14.2. The van der Waals surface area contributed by atoms with Gasteiger partial charge in [0.15, 0.2) is 11.5 Å². The lowest BCUT2D eigenvalue weighted by molar-refractivity contribution is -0.123. The first kappa shape index (κ1) is 25.5. The maximum Gasteiger partial charge on any atom is 0.293 e. The third-order valence-corrected chi connectivity index (χ3v) is 6.78. The lowest BCUT2D eigenvalue weighted by Gasteiger charge is -2.16. The van der Waals surface area contributed by atoms with Crippen LogP contribution in [0.25, 0.3) is 6.08 Å². The van der Waals surface area contributed by atoms with E-state index in [1.807, 2.05) is 36.4 Å². The van der Waals surface area contributed by atoms with Gasteiger partial charge in [-0.25, -0.2) is 4.39 Å². The van der Waals surface area contributed by atoms with Gasteiger partial charge in [0.2, 0.25) is 0 Å². The maximum absolute atomic E-state index is 14.2. The van der Waals surface area contributed by atoms with E-state index in [1.165, 1.54) is 25.3 Å². The number of thioether (sulfide) groups is 1. The van der Waals surface area contributed by atoms with E-state index in [-0.39, 0.29) is 22.0 Å². The Morgan fingerprint density at radius 1 is 1.11 bits per heavy atom. The predicted molar refractivity (Wildman–Crippen MR) is 141 cm³/mol. The molecule has 0 atom stereocenters. The molecule has 0 radical (unpaired) electrons. The summed E-state index contributed by atoms with van der Waals surface area (Å²) >= 11 is 6.88.